The van der Waals surface area contributed by atoms with E-state index < -0.39 is 18.0 Å². The van der Waals surface area contributed by atoms with Gasteiger partial charge in [-0.25, -0.2) is 9.59 Å². The number of aliphatic carboxylic acids is 1. The lowest BCUT2D eigenvalue weighted by molar-refractivity contribution is -0.140. The first-order chi connectivity index (χ1) is 7.38. The molecule has 0 heterocycles. The quantitative estimate of drug-likeness (QED) is 0.619. The number of rotatable bonds is 6. The Balaban J connectivity index is 4.15. The van der Waals surface area contributed by atoms with E-state index in [1.165, 1.54) is 7.11 Å². The van der Waals surface area contributed by atoms with Crippen LogP contribution in [0.4, 0.5) is 4.79 Å². The molecule has 0 aliphatic rings. The normalized spacial score (nSPS) is 14.3. The number of carbonyl (C=O) groups excluding carboxylic acids is 1. The molecule has 2 amide bonds. The van der Waals surface area contributed by atoms with Gasteiger partial charge in [0.1, 0.15) is 6.04 Å². The van der Waals surface area contributed by atoms with Gasteiger partial charge < -0.3 is 20.5 Å². The summed E-state index contributed by atoms with van der Waals surface area (Å²) in [6.45, 7) is 5.62. The van der Waals surface area contributed by atoms with Crippen LogP contribution < -0.4 is 10.6 Å². The zero-order valence-electron chi connectivity index (χ0n) is 10.1. The van der Waals surface area contributed by atoms with Gasteiger partial charge in [0.15, 0.2) is 0 Å². The molecule has 3 N–H and O–H groups in total. The van der Waals surface area contributed by atoms with E-state index in [4.69, 9.17) is 9.84 Å². The van der Waals surface area contributed by atoms with Crippen molar-refractivity contribution in [2.75, 3.05) is 13.7 Å². The van der Waals surface area contributed by atoms with E-state index in [-0.39, 0.29) is 12.0 Å². The first-order valence-corrected chi connectivity index (χ1v) is 5.17. The average molecular weight is 232 g/mol. The highest BCUT2D eigenvalue weighted by molar-refractivity contribution is 5.82. The van der Waals surface area contributed by atoms with E-state index >= 15 is 0 Å². The summed E-state index contributed by atoms with van der Waals surface area (Å²) in [5.74, 6) is -1.20. The largest absolute Gasteiger partial charge is 0.480 e. The molecule has 0 saturated carbocycles. The van der Waals surface area contributed by atoms with Crippen molar-refractivity contribution in [3.63, 3.8) is 0 Å². The van der Waals surface area contributed by atoms with E-state index in [1.54, 1.807) is 20.8 Å². The molecule has 0 aromatic carbocycles. The van der Waals surface area contributed by atoms with Crippen LogP contribution >= 0.6 is 0 Å². The third-order valence-corrected chi connectivity index (χ3v) is 2.01. The number of nitrogens with one attached hydrogen (secondary N) is 2. The predicted molar refractivity (Wildman–Crippen MR) is 59.3 cm³/mol. The van der Waals surface area contributed by atoms with Crippen LogP contribution in [-0.2, 0) is 9.53 Å². The molecule has 2 atom stereocenters. The van der Waals surface area contributed by atoms with Crippen molar-refractivity contribution in [2.24, 2.45) is 5.92 Å². The molecule has 0 aromatic rings. The predicted octanol–water partition coefficient (Wildman–Crippen LogP) is 0.430. The minimum absolute atomic E-state index is 0.161. The zero-order valence-corrected chi connectivity index (χ0v) is 10.1. The summed E-state index contributed by atoms with van der Waals surface area (Å²) in [5, 5.41) is 13.8. The highest BCUT2D eigenvalue weighted by Gasteiger charge is 2.23. The van der Waals surface area contributed by atoms with Crippen LogP contribution in [0.15, 0.2) is 0 Å². The van der Waals surface area contributed by atoms with E-state index in [1.807, 2.05) is 0 Å². The molecule has 0 fully saturated rings. The van der Waals surface area contributed by atoms with Gasteiger partial charge in [-0.1, -0.05) is 13.8 Å². The molecule has 6 heteroatoms. The smallest absolute Gasteiger partial charge is 0.326 e. The molecular weight excluding hydrogens is 212 g/mol. The molecule has 0 aromatic heterocycles. The SMILES string of the molecule is COCC(C)NC(=O)N[C@H](C(=O)O)C(C)C. The number of hydrogen-bond donors (Lipinski definition) is 3. The lowest BCUT2D eigenvalue weighted by Gasteiger charge is -2.20. The van der Waals surface area contributed by atoms with Gasteiger partial charge in [-0.05, 0) is 12.8 Å². The first kappa shape index (κ1) is 14.7. The maximum Gasteiger partial charge on any atom is 0.326 e. The maximum atomic E-state index is 11.4. The summed E-state index contributed by atoms with van der Waals surface area (Å²) in [4.78, 5) is 22.2. The Labute approximate surface area is 95.4 Å². The number of amides is 2. The van der Waals surface area contributed by atoms with E-state index in [0.29, 0.717) is 6.61 Å². The van der Waals surface area contributed by atoms with Crippen molar-refractivity contribution in [3.8, 4) is 0 Å². The Hall–Kier alpha value is -1.30. The number of hydrogen-bond acceptors (Lipinski definition) is 3. The second-order valence-electron chi connectivity index (χ2n) is 4.03. The van der Waals surface area contributed by atoms with Crippen LogP contribution in [-0.4, -0.2) is 42.9 Å². The van der Waals surface area contributed by atoms with Gasteiger partial charge in [0.25, 0.3) is 0 Å². The van der Waals surface area contributed by atoms with Crippen molar-refractivity contribution in [1.82, 2.24) is 10.6 Å². The molecule has 0 aliphatic heterocycles. The third kappa shape index (κ3) is 5.55. The van der Waals surface area contributed by atoms with Crippen molar-refractivity contribution >= 4 is 12.0 Å². The Morgan fingerprint density at radius 3 is 2.19 bits per heavy atom. The molecule has 6 nitrogen and oxygen atoms in total. The van der Waals surface area contributed by atoms with Crippen LogP contribution in [0.25, 0.3) is 0 Å². The number of ether oxygens (including phenoxy) is 1. The van der Waals surface area contributed by atoms with Crippen LogP contribution in [0, 0.1) is 5.92 Å². The molecule has 94 valence electrons. The van der Waals surface area contributed by atoms with E-state index in [0.717, 1.165) is 0 Å². The molecule has 16 heavy (non-hydrogen) atoms. The van der Waals surface area contributed by atoms with Crippen molar-refractivity contribution in [1.29, 1.82) is 0 Å². The third-order valence-electron chi connectivity index (χ3n) is 2.01. The second kappa shape index (κ2) is 7.05. The van der Waals surface area contributed by atoms with E-state index in [9.17, 15) is 9.59 Å². The fourth-order valence-electron chi connectivity index (χ4n) is 1.21. The van der Waals surface area contributed by atoms with Crippen LogP contribution in [0.3, 0.4) is 0 Å². The summed E-state index contributed by atoms with van der Waals surface area (Å²) in [6, 6.07) is -1.54. The topological polar surface area (TPSA) is 87.7 Å². The van der Waals surface area contributed by atoms with Crippen molar-refractivity contribution in [3.05, 3.63) is 0 Å². The number of carboxylic acid groups (broad SMARTS) is 1. The van der Waals surface area contributed by atoms with Crippen molar-refractivity contribution in [2.45, 2.75) is 32.9 Å². The Morgan fingerprint density at radius 2 is 1.81 bits per heavy atom. The summed E-state index contributed by atoms with van der Waals surface area (Å²) in [5.41, 5.74) is 0. The summed E-state index contributed by atoms with van der Waals surface area (Å²) >= 11 is 0. The fourth-order valence-corrected chi connectivity index (χ4v) is 1.21. The monoisotopic (exact) mass is 232 g/mol. The second-order valence-corrected chi connectivity index (χ2v) is 4.03. The molecule has 0 rings (SSSR count). The lowest BCUT2D eigenvalue weighted by atomic mass is 10.1. The van der Waals surface area contributed by atoms with Crippen molar-refractivity contribution < 1.29 is 19.4 Å². The zero-order chi connectivity index (χ0) is 12.7. The highest BCUT2D eigenvalue weighted by Crippen LogP contribution is 2.01. The standard InChI is InChI=1S/C10H20N2O4/c1-6(2)8(9(13)14)12-10(15)11-7(3)5-16-4/h6-8H,5H2,1-4H3,(H,13,14)(H2,11,12,15)/t7?,8-/m0/s1. The van der Waals surface area contributed by atoms with Gasteiger partial charge in [0.2, 0.25) is 0 Å². The Kier molecular flexibility index (Phi) is 6.48. The highest BCUT2D eigenvalue weighted by atomic mass is 16.5. The first-order valence-electron chi connectivity index (χ1n) is 5.17. The number of urea groups is 1. The van der Waals surface area contributed by atoms with Gasteiger partial charge in [-0.3, -0.25) is 0 Å². The van der Waals surface area contributed by atoms with Gasteiger partial charge in [0, 0.05) is 7.11 Å². The molecule has 0 saturated heterocycles. The maximum absolute atomic E-state index is 11.4. The minimum Gasteiger partial charge on any atom is -0.480 e. The lowest BCUT2D eigenvalue weighted by Crippen LogP contribution is -2.51. The molecular formula is C10H20N2O4. The summed E-state index contributed by atoms with van der Waals surface area (Å²) < 4.78 is 4.85. The van der Waals surface area contributed by atoms with Gasteiger partial charge in [-0.15, -0.1) is 0 Å². The van der Waals surface area contributed by atoms with Gasteiger partial charge >= 0.3 is 12.0 Å². The van der Waals surface area contributed by atoms with Gasteiger partial charge in [-0.2, -0.15) is 0 Å². The van der Waals surface area contributed by atoms with Crippen LogP contribution in [0.2, 0.25) is 0 Å². The molecule has 0 bridgehead atoms. The summed E-state index contributed by atoms with van der Waals surface area (Å²) in [6.07, 6.45) is 0. The van der Waals surface area contributed by atoms with Gasteiger partial charge in [0.05, 0.1) is 12.6 Å². The number of methoxy groups -OCH3 is 1. The van der Waals surface area contributed by atoms with Crippen LogP contribution in [0.5, 0.6) is 0 Å². The fraction of sp³-hybridized carbons (Fsp3) is 0.800. The van der Waals surface area contributed by atoms with E-state index in [2.05, 4.69) is 10.6 Å². The number of carbonyl (C=O) groups is 2. The Bertz CT molecular complexity index is 243. The molecule has 0 spiro atoms. The average Bonchev–Trinajstić information content (AvgIpc) is 2.13. The summed E-state index contributed by atoms with van der Waals surface area (Å²) in [7, 11) is 1.53. The number of carboxylic acids is 1. The Morgan fingerprint density at radius 1 is 1.25 bits per heavy atom. The molecule has 0 radical (unpaired) electrons. The molecule has 1 unspecified atom stereocenters. The van der Waals surface area contributed by atoms with Crippen LogP contribution in [0.1, 0.15) is 20.8 Å². The molecule has 0 aliphatic carbocycles. The minimum atomic E-state index is -1.04.